The number of H-pyrrole nitrogens is 1. The molecule has 1 aromatic heterocycles. The van der Waals surface area contributed by atoms with Gasteiger partial charge in [-0.2, -0.15) is 0 Å². The summed E-state index contributed by atoms with van der Waals surface area (Å²) < 4.78 is 0.654. The number of hydrogen-bond donors (Lipinski definition) is 2. The Bertz CT molecular complexity index is 908. The molecular weight excluding hydrogens is 454 g/mol. The van der Waals surface area contributed by atoms with Crippen molar-refractivity contribution in [2.75, 3.05) is 24.7 Å². The maximum Gasteiger partial charge on any atom is 0.272 e. The van der Waals surface area contributed by atoms with Crippen molar-refractivity contribution in [1.82, 2.24) is 15.2 Å². The number of thioether (sulfide) groups is 1. The third kappa shape index (κ3) is 7.44. The number of nitrogens with zero attached hydrogens (tertiary/aromatic N) is 1. The Labute approximate surface area is 206 Å². The van der Waals surface area contributed by atoms with E-state index in [1.165, 1.54) is 68.3 Å². The van der Waals surface area contributed by atoms with Gasteiger partial charge in [0.2, 0.25) is 0 Å². The molecule has 1 atom stereocenters. The average molecular weight is 492 g/mol. The van der Waals surface area contributed by atoms with Gasteiger partial charge in [0, 0.05) is 12.3 Å². The molecule has 4 nitrogen and oxygen atoms in total. The first-order chi connectivity index (χ1) is 15.6. The summed E-state index contributed by atoms with van der Waals surface area (Å²) in [6, 6.07) is 8.51. The highest BCUT2D eigenvalue weighted by Gasteiger charge is 2.32. The first-order valence-electron chi connectivity index (χ1n) is 12.0. The molecule has 1 aliphatic rings. The molecular formula is C25H37N3OS3. The molecule has 0 radical (unpaired) electrons. The van der Waals surface area contributed by atoms with Gasteiger partial charge in [-0.25, -0.2) is 0 Å². The van der Waals surface area contributed by atoms with Crippen LogP contribution in [0.5, 0.6) is 0 Å². The normalized spacial score (nSPS) is 16.1. The van der Waals surface area contributed by atoms with Crippen LogP contribution in [-0.2, 0) is 0 Å². The number of unbranched alkanes of at least 4 members (excludes halogenated alkanes) is 7. The predicted molar refractivity (Wildman–Crippen MR) is 142 cm³/mol. The molecule has 32 heavy (non-hydrogen) atoms. The number of amides is 1. The summed E-state index contributed by atoms with van der Waals surface area (Å²) in [5.74, 6) is 1.80. The molecule has 1 aliphatic heterocycles. The van der Waals surface area contributed by atoms with Crippen LogP contribution in [0.2, 0.25) is 0 Å². The zero-order valence-electron chi connectivity index (χ0n) is 19.5. The Morgan fingerprint density at radius 3 is 2.69 bits per heavy atom. The lowest BCUT2D eigenvalue weighted by atomic mass is 10.1. The molecule has 1 saturated heterocycles. The molecule has 0 unspecified atom stereocenters. The fourth-order valence-corrected chi connectivity index (χ4v) is 6.52. The van der Waals surface area contributed by atoms with Crippen LogP contribution in [0, 0.1) is 10.9 Å². The minimum Gasteiger partial charge on any atom is -0.332 e. The number of hydrogen-bond acceptors (Lipinski definition) is 5. The van der Waals surface area contributed by atoms with E-state index in [1.54, 1.807) is 0 Å². The van der Waals surface area contributed by atoms with Crippen molar-refractivity contribution in [1.29, 1.82) is 0 Å². The van der Waals surface area contributed by atoms with Crippen LogP contribution in [0.1, 0.15) is 74.3 Å². The molecule has 176 valence electrons. The summed E-state index contributed by atoms with van der Waals surface area (Å²) in [4.78, 5) is 19.6. The predicted octanol–water partition coefficient (Wildman–Crippen LogP) is 7.03. The van der Waals surface area contributed by atoms with Crippen molar-refractivity contribution in [2.45, 2.75) is 71.3 Å². The molecule has 0 saturated carbocycles. The minimum absolute atomic E-state index is 0.0673. The standard InChI is InChI=1S/C25H37N3OS3/c1-3-4-5-6-7-8-9-10-14-26-16-21-17-31-18-28(21)24(29)22-23(32-25(30)27-22)20-13-11-12-19(2)15-20/h11-13,15,21,26H,3-10,14,16-18H2,1-2H3,(H,27,30)/t21-/m1/s1. The number of aromatic amines is 1. The Morgan fingerprint density at radius 2 is 1.94 bits per heavy atom. The molecule has 1 aromatic carbocycles. The molecule has 7 heteroatoms. The third-order valence-electron chi connectivity index (χ3n) is 5.97. The van der Waals surface area contributed by atoms with Crippen molar-refractivity contribution >= 4 is 41.2 Å². The van der Waals surface area contributed by atoms with Crippen LogP contribution >= 0.6 is 35.3 Å². The van der Waals surface area contributed by atoms with E-state index in [9.17, 15) is 4.79 Å². The highest BCUT2D eigenvalue weighted by molar-refractivity contribution is 7.99. The molecule has 3 rings (SSSR count). The van der Waals surface area contributed by atoms with Crippen LogP contribution in [-0.4, -0.2) is 46.6 Å². The van der Waals surface area contributed by atoms with Gasteiger partial charge in [0.25, 0.3) is 5.91 Å². The van der Waals surface area contributed by atoms with Gasteiger partial charge in [-0.05, 0) is 37.7 Å². The lowest BCUT2D eigenvalue weighted by molar-refractivity contribution is 0.0742. The fourth-order valence-electron chi connectivity index (χ4n) is 4.14. The second-order valence-electron chi connectivity index (χ2n) is 8.70. The van der Waals surface area contributed by atoms with Gasteiger partial charge in [-0.3, -0.25) is 4.79 Å². The molecule has 1 amide bonds. The first-order valence-corrected chi connectivity index (χ1v) is 14.4. The monoisotopic (exact) mass is 491 g/mol. The highest BCUT2D eigenvalue weighted by Crippen LogP contribution is 2.32. The molecule has 0 spiro atoms. The zero-order chi connectivity index (χ0) is 22.8. The number of aromatic nitrogens is 1. The SMILES string of the molecule is CCCCCCCCCCNC[C@@H]1CSCN1C(=O)c1[nH]c(=S)sc1-c1cccc(C)c1. The molecule has 1 fully saturated rings. The van der Waals surface area contributed by atoms with E-state index in [1.807, 2.05) is 22.7 Å². The first kappa shape index (κ1) is 25.5. The molecule has 0 aliphatic carbocycles. The summed E-state index contributed by atoms with van der Waals surface area (Å²) >= 11 is 8.72. The molecule has 2 aromatic rings. The number of thiazole rings is 1. The van der Waals surface area contributed by atoms with E-state index < -0.39 is 0 Å². The summed E-state index contributed by atoms with van der Waals surface area (Å²) in [5, 5.41) is 3.60. The third-order valence-corrected chi connectivity index (χ3v) is 8.34. The lowest BCUT2D eigenvalue weighted by Gasteiger charge is -2.24. The second-order valence-corrected chi connectivity index (χ2v) is 11.4. The van der Waals surface area contributed by atoms with Gasteiger partial charge in [-0.1, -0.05) is 81.7 Å². The van der Waals surface area contributed by atoms with Gasteiger partial charge in [-0.15, -0.1) is 23.1 Å². The van der Waals surface area contributed by atoms with Crippen molar-refractivity contribution < 1.29 is 4.79 Å². The number of benzene rings is 1. The van der Waals surface area contributed by atoms with Crippen molar-refractivity contribution in [2.24, 2.45) is 0 Å². The maximum atomic E-state index is 13.4. The smallest absolute Gasteiger partial charge is 0.272 e. The van der Waals surface area contributed by atoms with Crippen LogP contribution in [0.25, 0.3) is 10.4 Å². The summed E-state index contributed by atoms with van der Waals surface area (Å²) in [7, 11) is 0. The summed E-state index contributed by atoms with van der Waals surface area (Å²) in [5.41, 5.74) is 2.88. The second kappa shape index (κ2) is 13.5. The quantitative estimate of drug-likeness (QED) is 0.233. The molecule has 2 N–H and O–H groups in total. The Balaban J connectivity index is 1.49. The Kier molecular flexibility index (Phi) is 10.8. The number of carbonyl (C=O) groups excluding carboxylic acids is 1. The van der Waals surface area contributed by atoms with Gasteiger partial charge >= 0.3 is 0 Å². The topological polar surface area (TPSA) is 48.1 Å². The van der Waals surface area contributed by atoms with Gasteiger partial charge in [0.15, 0.2) is 3.95 Å². The van der Waals surface area contributed by atoms with Crippen LogP contribution in [0.3, 0.4) is 0 Å². The summed E-state index contributed by atoms with van der Waals surface area (Å²) in [6.07, 6.45) is 10.7. The van der Waals surface area contributed by atoms with E-state index in [-0.39, 0.29) is 11.9 Å². The van der Waals surface area contributed by atoms with Gasteiger partial charge in [0.1, 0.15) is 5.69 Å². The molecule has 0 bridgehead atoms. The number of nitrogens with one attached hydrogen (secondary N) is 2. The van der Waals surface area contributed by atoms with E-state index in [0.717, 1.165) is 35.2 Å². The summed E-state index contributed by atoms with van der Waals surface area (Å²) in [6.45, 7) is 6.23. The molecule has 2 heterocycles. The van der Waals surface area contributed by atoms with Crippen molar-refractivity contribution in [3.05, 3.63) is 39.5 Å². The fraction of sp³-hybridized carbons (Fsp3) is 0.600. The zero-order valence-corrected chi connectivity index (χ0v) is 21.9. The van der Waals surface area contributed by atoms with Crippen LogP contribution in [0.15, 0.2) is 24.3 Å². The number of rotatable bonds is 13. The van der Waals surface area contributed by atoms with Gasteiger partial charge < -0.3 is 15.2 Å². The van der Waals surface area contributed by atoms with Crippen LogP contribution in [0.4, 0.5) is 0 Å². The maximum absolute atomic E-state index is 13.4. The van der Waals surface area contributed by atoms with Gasteiger partial charge in [0.05, 0.1) is 16.8 Å². The Hall–Kier alpha value is -1.15. The largest absolute Gasteiger partial charge is 0.332 e. The van der Waals surface area contributed by atoms with Crippen molar-refractivity contribution in [3.63, 3.8) is 0 Å². The van der Waals surface area contributed by atoms with E-state index in [0.29, 0.717) is 9.65 Å². The van der Waals surface area contributed by atoms with E-state index in [4.69, 9.17) is 12.2 Å². The van der Waals surface area contributed by atoms with Crippen LogP contribution < -0.4 is 5.32 Å². The number of aryl methyl sites for hydroxylation is 1. The lowest BCUT2D eigenvalue weighted by Crippen LogP contribution is -2.43. The highest BCUT2D eigenvalue weighted by atomic mass is 32.2. The van der Waals surface area contributed by atoms with E-state index in [2.05, 4.69) is 42.3 Å². The average Bonchev–Trinajstić information content (AvgIpc) is 3.41. The Morgan fingerprint density at radius 1 is 1.19 bits per heavy atom. The van der Waals surface area contributed by atoms with Crippen molar-refractivity contribution in [3.8, 4) is 10.4 Å². The van der Waals surface area contributed by atoms with E-state index >= 15 is 0 Å². The minimum atomic E-state index is 0.0673. The number of carbonyl (C=O) groups is 1.